The van der Waals surface area contributed by atoms with Crippen LogP contribution in [0.15, 0.2) is 0 Å². The van der Waals surface area contributed by atoms with Gasteiger partial charge in [-0.05, 0) is 57.8 Å². The van der Waals surface area contributed by atoms with Crippen molar-refractivity contribution in [2.45, 2.75) is 176 Å². The molecule has 0 atom stereocenters. The zero-order valence-corrected chi connectivity index (χ0v) is 35.4. The lowest BCUT2D eigenvalue weighted by atomic mass is 10.1. The maximum absolute atomic E-state index is 8.55. The third-order valence-corrected chi connectivity index (χ3v) is 8.95. The molecule has 0 aromatic rings. The molecule has 0 N–H and O–H groups in total. The highest BCUT2D eigenvalue weighted by atomic mass is 31.2. The van der Waals surface area contributed by atoms with Gasteiger partial charge in [-0.3, -0.25) is 0 Å². The summed E-state index contributed by atoms with van der Waals surface area (Å²) < 4.78 is 12.2. The average Bonchev–Trinajstić information content (AvgIpc) is 2.97. The van der Waals surface area contributed by atoms with E-state index < -0.39 is 7.82 Å². The summed E-state index contributed by atoms with van der Waals surface area (Å²) in [7, 11) is 8.83. The van der Waals surface area contributed by atoms with Gasteiger partial charge in [0.25, 0.3) is 0 Å². The van der Waals surface area contributed by atoms with E-state index in [0.717, 1.165) is 0 Å². The first kappa shape index (κ1) is 53.8. The van der Waals surface area contributed by atoms with Crippen LogP contribution in [0.5, 0.6) is 0 Å². The van der Waals surface area contributed by atoms with E-state index in [1.165, 1.54) is 188 Å². The van der Waals surface area contributed by atoms with E-state index in [1.807, 2.05) is 0 Å². The number of quaternary nitrogens is 3. The van der Waals surface area contributed by atoms with E-state index in [2.05, 4.69) is 83.8 Å². The Morgan fingerprint density at radius 3 is 0.638 bits per heavy atom. The van der Waals surface area contributed by atoms with Gasteiger partial charge in [0, 0.05) is 0 Å². The molecule has 0 unspecified atom stereocenters. The highest BCUT2D eigenvalue weighted by Gasteiger charge is 2.14. The molecule has 0 aliphatic rings. The highest BCUT2D eigenvalue weighted by molar-refractivity contribution is 7.40. The van der Waals surface area contributed by atoms with Crippen LogP contribution < -0.4 is 14.7 Å². The van der Waals surface area contributed by atoms with E-state index >= 15 is 0 Å². The van der Waals surface area contributed by atoms with Gasteiger partial charge in [-0.1, -0.05) is 119 Å². The summed E-state index contributed by atoms with van der Waals surface area (Å²) >= 11 is 0. The molecule has 8 heteroatoms. The van der Waals surface area contributed by atoms with Crippen molar-refractivity contribution in [1.29, 1.82) is 0 Å². The molecular formula is C39H90N3O4P. The van der Waals surface area contributed by atoms with Crippen LogP contribution >= 0.6 is 7.82 Å². The van der Waals surface area contributed by atoms with Crippen molar-refractivity contribution in [3.05, 3.63) is 0 Å². The van der Waals surface area contributed by atoms with Gasteiger partial charge in [-0.25, -0.2) is 0 Å². The zero-order valence-electron chi connectivity index (χ0n) is 34.5. The highest BCUT2D eigenvalue weighted by Crippen LogP contribution is 2.10. The molecule has 0 fully saturated rings. The van der Waals surface area contributed by atoms with Gasteiger partial charge >= 0.3 is 0 Å². The van der Waals surface area contributed by atoms with Crippen molar-refractivity contribution in [3.63, 3.8) is 0 Å². The second kappa shape index (κ2) is 35.8. The molecule has 47 heavy (non-hydrogen) atoms. The Kier molecular flexibility index (Phi) is 41.0. The van der Waals surface area contributed by atoms with Crippen LogP contribution in [0.25, 0.3) is 0 Å². The van der Waals surface area contributed by atoms with Crippen molar-refractivity contribution < 1.29 is 32.7 Å². The largest absolute Gasteiger partial charge is 0.822 e. The van der Waals surface area contributed by atoms with Crippen LogP contribution in [-0.4, -0.2) is 95.0 Å². The lowest BCUT2D eigenvalue weighted by Crippen LogP contribution is -2.41. The van der Waals surface area contributed by atoms with Gasteiger partial charge in [-0.2, -0.15) is 7.82 Å². The van der Waals surface area contributed by atoms with Gasteiger partial charge in [0.15, 0.2) is 0 Å². The van der Waals surface area contributed by atoms with Crippen LogP contribution in [0.2, 0.25) is 0 Å². The molecule has 0 bridgehead atoms. The average molecular weight is 696 g/mol. The Morgan fingerprint density at radius 2 is 0.468 bits per heavy atom. The minimum Gasteiger partial charge on any atom is -0.822 e. The number of hydrogen-bond acceptors (Lipinski definition) is 4. The van der Waals surface area contributed by atoms with Crippen molar-refractivity contribution in [2.24, 2.45) is 0 Å². The summed E-state index contributed by atoms with van der Waals surface area (Å²) in [6.45, 7) is 21.8. The molecule has 0 aliphatic heterocycles. The molecule has 290 valence electrons. The van der Waals surface area contributed by atoms with Gasteiger partial charge in [0.2, 0.25) is 0 Å². The molecule has 0 saturated heterocycles. The van der Waals surface area contributed by atoms with Crippen LogP contribution in [-0.2, 0) is 4.57 Å². The van der Waals surface area contributed by atoms with E-state index in [9.17, 15) is 0 Å². The summed E-state index contributed by atoms with van der Waals surface area (Å²) in [6, 6.07) is 0. The van der Waals surface area contributed by atoms with E-state index in [1.54, 1.807) is 0 Å². The SMILES string of the molecule is CCCCCCC[N+](C)(C)CCCC.CCCCCCC[N+](C)(C)CCCC.CCCCCCC[N+](C)(C)CCCC.O=P([O-])([O-])[O-]. The first-order chi connectivity index (χ1) is 21.9. The van der Waals surface area contributed by atoms with E-state index in [-0.39, 0.29) is 0 Å². The second-order valence-corrected chi connectivity index (χ2v) is 16.8. The number of nitrogens with zero attached hydrogens (tertiary/aromatic N) is 3. The normalized spacial score (nSPS) is 12.0. The summed E-state index contributed by atoms with van der Waals surface area (Å²) in [5, 5.41) is 0. The fourth-order valence-electron chi connectivity index (χ4n) is 5.52. The van der Waals surface area contributed by atoms with Crippen molar-refractivity contribution in [3.8, 4) is 0 Å². The molecule has 0 radical (unpaired) electrons. The predicted octanol–water partition coefficient (Wildman–Crippen LogP) is 8.68. The van der Waals surface area contributed by atoms with Gasteiger partial charge in [-0.15, -0.1) is 0 Å². The van der Waals surface area contributed by atoms with Crippen LogP contribution in [0.3, 0.4) is 0 Å². The Morgan fingerprint density at radius 1 is 0.319 bits per heavy atom. The fraction of sp³-hybridized carbons (Fsp3) is 1.00. The topological polar surface area (TPSA) is 86.2 Å². The van der Waals surface area contributed by atoms with E-state index in [0.29, 0.717) is 0 Å². The molecule has 0 heterocycles. The molecular weight excluding hydrogens is 605 g/mol. The minimum atomic E-state index is -5.39. The number of phosphoric acid groups is 1. The van der Waals surface area contributed by atoms with Gasteiger partial charge in [0.1, 0.15) is 0 Å². The van der Waals surface area contributed by atoms with E-state index in [4.69, 9.17) is 19.2 Å². The third kappa shape index (κ3) is 58.5. The van der Waals surface area contributed by atoms with Crippen molar-refractivity contribution >= 4 is 7.82 Å². The quantitative estimate of drug-likeness (QED) is 0.0489. The first-order valence-electron chi connectivity index (χ1n) is 20.1. The lowest BCUT2D eigenvalue weighted by molar-refractivity contribution is -0.890. The molecule has 0 aromatic carbocycles. The monoisotopic (exact) mass is 696 g/mol. The lowest BCUT2D eigenvalue weighted by Gasteiger charge is -2.36. The molecule has 0 rings (SSSR count). The third-order valence-electron chi connectivity index (χ3n) is 8.95. The Bertz CT molecular complexity index is 575. The summed E-state index contributed by atoms with van der Waals surface area (Å²) in [4.78, 5) is 25.6. The van der Waals surface area contributed by atoms with Crippen LogP contribution in [0.1, 0.15) is 176 Å². The fourth-order valence-corrected chi connectivity index (χ4v) is 5.52. The molecule has 0 spiro atoms. The van der Waals surface area contributed by atoms with Crippen molar-refractivity contribution in [2.75, 3.05) is 81.6 Å². The summed E-state index contributed by atoms with van der Waals surface area (Å²) in [5.74, 6) is 0. The minimum absolute atomic E-state index is 1.22. The predicted molar refractivity (Wildman–Crippen MR) is 204 cm³/mol. The molecule has 7 nitrogen and oxygen atoms in total. The summed E-state index contributed by atoms with van der Waals surface area (Å²) in [6.07, 6.45) is 29.3. The zero-order chi connectivity index (χ0) is 37.1. The standard InChI is InChI=1S/3C13H30N.H3O4P/c3*1-5-7-9-10-11-13-14(3,4)12-8-6-2;1-5(2,3)4/h3*5-13H2,1-4H3;(H3,1,2,3,4)/q3*+1;/p-3. The Balaban J connectivity index is -0.000000275. The van der Waals surface area contributed by atoms with Crippen LogP contribution in [0.4, 0.5) is 0 Å². The number of rotatable bonds is 27. The molecule has 0 aliphatic carbocycles. The smallest absolute Gasteiger partial charge is 0.0782 e. The van der Waals surface area contributed by atoms with Crippen LogP contribution in [0, 0.1) is 0 Å². The first-order valence-corrected chi connectivity index (χ1v) is 21.5. The molecule has 0 aromatic heterocycles. The number of unbranched alkanes of at least 4 members (excludes halogenated alkanes) is 15. The summed E-state index contributed by atoms with van der Waals surface area (Å²) in [5.41, 5.74) is 0. The van der Waals surface area contributed by atoms with Crippen molar-refractivity contribution in [1.82, 2.24) is 0 Å². The second-order valence-electron chi connectivity index (χ2n) is 15.9. The molecule has 0 saturated carbocycles. The Hall–Kier alpha value is -0.0100. The Labute approximate surface area is 297 Å². The van der Waals surface area contributed by atoms with Gasteiger partial charge < -0.3 is 32.7 Å². The maximum atomic E-state index is 8.55. The molecule has 0 amide bonds. The van der Waals surface area contributed by atoms with Gasteiger partial charge in [0.05, 0.1) is 81.6 Å². The maximum Gasteiger partial charge on any atom is 0.0782 e. The number of hydrogen-bond donors (Lipinski definition) is 0.